The first-order chi connectivity index (χ1) is 8.24. The topological polar surface area (TPSA) is 29.9 Å². The van der Waals surface area contributed by atoms with E-state index in [2.05, 4.69) is 42.1 Å². The summed E-state index contributed by atoms with van der Waals surface area (Å²) in [5.74, 6) is 0.939. The van der Waals surface area contributed by atoms with Gasteiger partial charge in [-0.15, -0.1) is 0 Å². The van der Waals surface area contributed by atoms with E-state index >= 15 is 0 Å². The molecule has 3 nitrogen and oxygen atoms in total. The minimum atomic E-state index is 0.722. The van der Waals surface area contributed by atoms with Crippen molar-refractivity contribution < 1.29 is 0 Å². The summed E-state index contributed by atoms with van der Waals surface area (Å²) in [6.07, 6.45) is 6.28. The molecule has 1 aliphatic rings. The Bertz CT molecular complexity index is 352. The molecular weight excluding hydrogens is 210 g/mol. The van der Waals surface area contributed by atoms with Crippen LogP contribution in [0.1, 0.15) is 44.5 Å². The van der Waals surface area contributed by atoms with E-state index in [0.717, 1.165) is 31.3 Å². The Kier molecular flexibility index (Phi) is 4.21. The maximum Gasteiger partial charge on any atom is 0.0624 e. The SMILES string of the molecule is CCNC(CCc1cc(CC)nn1C)C1CC1. The molecule has 1 aromatic heterocycles. The van der Waals surface area contributed by atoms with Gasteiger partial charge in [-0.3, -0.25) is 4.68 Å². The third-order valence-corrected chi connectivity index (χ3v) is 3.76. The van der Waals surface area contributed by atoms with E-state index in [-0.39, 0.29) is 0 Å². The van der Waals surface area contributed by atoms with Crippen molar-refractivity contribution in [2.45, 2.75) is 52.0 Å². The highest BCUT2D eigenvalue weighted by Gasteiger charge is 2.30. The number of aryl methyl sites for hydroxylation is 3. The Labute approximate surface area is 105 Å². The predicted molar refractivity (Wildman–Crippen MR) is 71.1 cm³/mol. The van der Waals surface area contributed by atoms with Gasteiger partial charge in [0.2, 0.25) is 0 Å². The van der Waals surface area contributed by atoms with Gasteiger partial charge in [-0.25, -0.2) is 0 Å². The highest BCUT2D eigenvalue weighted by molar-refractivity contribution is 5.10. The molecule has 0 bridgehead atoms. The Hall–Kier alpha value is -0.830. The van der Waals surface area contributed by atoms with Gasteiger partial charge in [0.25, 0.3) is 0 Å². The molecule has 1 fully saturated rings. The van der Waals surface area contributed by atoms with E-state index in [1.807, 2.05) is 0 Å². The molecule has 1 heterocycles. The van der Waals surface area contributed by atoms with E-state index in [4.69, 9.17) is 0 Å². The number of nitrogens with zero attached hydrogens (tertiary/aromatic N) is 2. The second-order valence-electron chi connectivity index (χ2n) is 5.14. The van der Waals surface area contributed by atoms with Gasteiger partial charge in [-0.2, -0.15) is 5.10 Å². The molecule has 0 radical (unpaired) electrons. The fourth-order valence-electron chi connectivity index (χ4n) is 2.55. The quantitative estimate of drug-likeness (QED) is 0.786. The highest BCUT2D eigenvalue weighted by atomic mass is 15.3. The maximum absolute atomic E-state index is 4.51. The summed E-state index contributed by atoms with van der Waals surface area (Å²) >= 11 is 0. The van der Waals surface area contributed by atoms with Crippen LogP contribution in [0.3, 0.4) is 0 Å². The van der Waals surface area contributed by atoms with Gasteiger partial charge in [0.1, 0.15) is 0 Å². The number of nitrogens with one attached hydrogen (secondary N) is 1. The lowest BCUT2D eigenvalue weighted by Gasteiger charge is -2.16. The largest absolute Gasteiger partial charge is 0.314 e. The molecule has 1 unspecified atom stereocenters. The fourth-order valence-corrected chi connectivity index (χ4v) is 2.55. The van der Waals surface area contributed by atoms with Crippen molar-refractivity contribution in [2.75, 3.05) is 6.54 Å². The lowest BCUT2D eigenvalue weighted by atomic mass is 10.0. The van der Waals surface area contributed by atoms with Crippen LogP contribution in [-0.2, 0) is 19.9 Å². The summed E-state index contributed by atoms with van der Waals surface area (Å²) in [6.45, 7) is 5.46. The molecule has 0 amide bonds. The van der Waals surface area contributed by atoms with Gasteiger partial charge in [0.15, 0.2) is 0 Å². The molecule has 0 aliphatic heterocycles. The Morgan fingerprint density at radius 1 is 1.47 bits per heavy atom. The van der Waals surface area contributed by atoms with Crippen molar-refractivity contribution in [1.82, 2.24) is 15.1 Å². The molecule has 1 atom stereocenters. The van der Waals surface area contributed by atoms with Gasteiger partial charge in [0.05, 0.1) is 5.69 Å². The Morgan fingerprint density at radius 3 is 2.76 bits per heavy atom. The molecule has 17 heavy (non-hydrogen) atoms. The van der Waals surface area contributed by atoms with Crippen LogP contribution >= 0.6 is 0 Å². The van der Waals surface area contributed by atoms with Gasteiger partial charge in [0, 0.05) is 18.8 Å². The number of aromatic nitrogens is 2. The van der Waals surface area contributed by atoms with Crippen molar-refractivity contribution in [3.8, 4) is 0 Å². The summed E-state index contributed by atoms with van der Waals surface area (Å²) in [7, 11) is 2.06. The van der Waals surface area contributed by atoms with Gasteiger partial charge >= 0.3 is 0 Å². The van der Waals surface area contributed by atoms with E-state index in [0.29, 0.717) is 0 Å². The summed E-state index contributed by atoms with van der Waals surface area (Å²) in [5.41, 5.74) is 2.60. The molecule has 1 aliphatic carbocycles. The third kappa shape index (κ3) is 3.32. The predicted octanol–water partition coefficient (Wildman–Crippen LogP) is 2.30. The van der Waals surface area contributed by atoms with Crippen molar-refractivity contribution in [1.29, 1.82) is 0 Å². The van der Waals surface area contributed by atoms with Crippen LogP contribution in [0, 0.1) is 5.92 Å². The second-order valence-corrected chi connectivity index (χ2v) is 5.14. The summed E-state index contributed by atoms with van der Waals surface area (Å²) in [6, 6.07) is 2.98. The molecule has 0 spiro atoms. The average molecular weight is 235 g/mol. The minimum absolute atomic E-state index is 0.722. The zero-order valence-corrected chi connectivity index (χ0v) is 11.4. The minimum Gasteiger partial charge on any atom is -0.314 e. The molecule has 1 aromatic rings. The smallest absolute Gasteiger partial charge is 0.0624 e. The monoisotopic (exact) mass is 235 g/mol. The van der Waals surface area contributed by atoms with Gasteiger partial charge in [-0.1, -0.05) is 13.8 Å². The van der Waals surface area contributed by atoms with Crippen molar-refractivity contribution in [3.63, 3.8) is 0 Å². The number of rotatable bonds is 7. The normalized spacial score (nSPS) is 17.4. The molecule has 1 saturated carbocycles. The molecule has 96 valence electrons. The lowest BCUT2D eigenvalue weighted by Crippen LogP contribution is -2.31. The van der Waals surface area contributed by atoms with Crippen LogP contribution in [0.5, 0.6) is 0 Å². The number of hydrogen-bond acceptors (Lipinski definition) is 2. The van der Waals surface area contributed by atoms with Crippen LogP contribution < -0.4 is 5.32 Å². The highest BCUT2D eigenvalue weighted by Crippen LogP contribution is 2.34. The summed E-state index contributed by atoms with van der Waals surface area (Å²) < 4.78 is 2.05. The van der Waals surface area contributed by atoms with E-state index < -0.39 is 0 Å². The first-order valence-corrected chi connectivity index (χ1v) is 6.99. The van der Waals surface area contributed by atoms with Crippen LogP contribution in [0.15, 0.2) is 6.07 Å². The van der Waals surface area contributed by atoms with Crippen LogP contribution in [0.2, 0.25) is 0 Å². The average Bonchev–Trinajstić information content (AvgIpc) is 3.09. The fraction of sp³-hybridized carbons (Fsp3) is 0.786. The van der Waals surface area contributed by atoms with E-state index in [1.54, 1.807) is 0 Å². The third-order valence-electron chi connectivity index (χ3n) is 3.76. The van der Waals surface area contributed by atoms with Crippen molar-refractivity contribution >= 4 is 0 Å². The molecule has 3 heteroatoms. The van der Waals surface area contributed by atoms with E-state index in [1.165, 1.54) is 30.7 Å². The molecule has 1 N–H and O–H groups in total. The zero-order chi connectivity index (χ0) is 12.3. The van der Waals surface area contributed by atoms with Crippen LogP contribution in [0.25, 0.3) is 0 Å². The first-order valence-electron chi connectivity index (χ1n) is 6.99. The zero-order valence-electron chi connectivity index (χ0n) is 11.4. The molecule has 0 aromatic carbocycles. The Morgan fingerprint density at radius 2 is 2.24 bits per heavy atom. The number of hydrogen-bond donors (Lipinski definition) is 1. The van der Waals surface area contributed by atoms with Gasteiger partial charge in [-0.05, 0) is 50.6 Å². The summed E-state index contributed by atoms with van der Waals surface area (Å²) in [4.78, 5) is 0. The van der Waals surface area contributed by atoms with E-state index in [9.17, 15) is 0 Å². The standard InChI is InChI=1S/C14H25N3/c1-4-12-10-13(17(3)16-12)8-9-14(15-5-2)11-6-7-11/h10-11,14-15H,4-9H2,1-3H3. The Balaban J connectivity index is 1.88. The van der Waals surface area contributed by atoms with Crippen LogP contribution in [0.4, 0.5) is 0 Å². The van der Waals surface area contributed by atoms with Crippen molar-refractivity contribution in [2.24, 2.45) is 13.0 Å². The molecule has 0 saturated heterocycles. The molecule has 2 rings (SSSR count). The van der Waals surface area contributed by atoms with Crippen molar-refractivity contribution in [3.05, 3.63) is 17.5 Å². The maximum atomic E-state index is 4.51. The van der Waals surface area contributed by atoms with Crippen LogP contribution in [-0.4, -0.2) is 22.4 Å². The molecular formula is C14H25N3. The lowest BCUT2D eigenvalue weighted by molar-refractivity contribution is 0.441. The summed E-state index contributed by atoms with van der Waals surface area (Å²) in [5, 5.41) is 8.14. The first kappa shape index (κ1) is 12.6. The second kappa shape index (κ2) is 5.67. The van der Waals surface area contributed by atoms with Gasteiger partial charge < -0.3 is 5.32 Å².